The predicted molar refractivity (Wildman–Crippen MR) is 91.6 cm³/mol. The third-order valence-electron chi connectivity index (χ3n) is 4.29. The fourth-order valence-electron chi connectivity index (χ4n) is 3.33. The molecule has 0 radical (unpaired) electrons. The van der Waals surface area contributed by atoms with E-state index in [2.05, 4.69) is 9.97 Å². The van der Waals surface area contributed by atoms with Crippen LogP contribution in [0.3, 0.4) is 0 Å². The number of aromatic nitrogens is 2. The van der Waals surface area contributed by atoms with Crippen LogP contribution in [-0.2, 0) is 4.79 Å². The van der Waals surface area contributed by atoms with Gasteiger partial charge in [0, 0.05) is 24.3 Å². The predicted octanol–water partition coefficient (Wildman–Crippen LogP) is 4.33. The molecule has 2 N–H and O–H groups in total. The molecular formula is C17H14N2O2S2. The maximum Gasteiger partial charge on any atom is 0.206 e. The van der Waals surface area contributed by atoms with Crippen molar-refractivity contribution in [1.29, 1.82) is 0 Å². The van der Waals surface area contributed by atoms with E-state index in [1.807, 2.05) is 30.3 Å². The summed E-state index contributed by atoms with van der Waals surface area (Å²) in [6, 6.07) is 9.93. The second kappa shape index (κ2) is 5.54. The van der Waals surface area contributed by atoms with Gasteiger partial charge in [0.05, 0.1) is 5.56 Å². The summed E-state index contributed by atoms with van der Waals surface area (Å²) in [4.78, 5) is 18.6. The zero-order chi connectivity index (χ0) is 16.0. The van der Waals surface area contributed by atoms with Crippen LogP contribution >= 0.6 is 24.4 Å². The third kappa shape index (κ3) is 2.38. The molecule has 1 aromatic heterocycles. The Morgan fingerprint density at radius 1 is 1.09 bits per heavy atom. The first-order chi connectivity index (χ1) is 11.1. The van der Waals surface area contributed by atoms with Crippen LogP contribution in [0.1, 0.15) is 36.3 Å². The van der Waals surface area contributed by atoms with Gasteiger partial charge >= 0.3 is 0 Å². The van der Waals surface area contributed by atoms with E-state index in [1.54, 1.807) is 0 Å². The summed E-state index contributed by atoms with van der Waals surface area (Å²) in [7, 11) is 0. The highest BCUT2D eigenvalue weighted by Crippen LogP contribution is 2.45. The molecule has 0 saturated carbocycles. The zero-order valence-corrected chi connectivity index (χ0v) is 13.9. The summed E-state index contributed by atoms with van der Waals surface area (Å²) in [5, 5.41) is 0. The third-order valence-corrected chi connectivity index (χ3v) is 4.81. The van der Waals surface area contributed by atoms with Gasteiger partial charge in [-0.3, -0.25) is 4.79 Å². The van der Waals surface area contributed by atoms with Crippen molar-refractivity contribution in [3.05, 3.63) is 62.2 Å². The molecule has 2 aromatic rings. The van der Waals surface area contributed by atoms with Gasteiger partial charge < -0.3 is 14.7 Å². The quantitative estimate of drug-likeness (QED) is 0.757. The van der Waals surface area contributed by atoms with Crippen molar-refractivity contribution in [3.63, 3.8) is 0 Å². The molecule has 1 aliphatic heterocycles. The topological polar surface area (TPSA) is 57.9 Å². The van der Waals surface area contributed by atoms with Gasteiger partial charge in [-0.25, -0.2) is 0 Å². The number of carbonyl (C=O) groups is 1. The molecular weight excluding hydrogens is 328 g/mol. The highest BCUT2D eigenvalue weighted by molar-refractivity contribution is 7.72. The molecule has 23 heavy (non-hydrogen) atoms. The maximum atomic E-state index is 12.6. The first-order valence-electron chi connectivity index (χ1n) is 7.50. The van der Waals surface area contributed by atoms with Crippen molar-refractivity contribution in [3.8, 4) is 5.88 Å². The second-order valence-corrected chi connectivity index (χ2v) is 6.53. The highest BCUT2D eigenvalue weighted by Gasteiger charge is 2.37. The van der Waals surface area contributed by atoms with Gasteiger partial charge in [-0.2, -0.15) is 0 Å². The van der Waals surface area contributed by atoms with Gasteiger partial charge in [0.25, 0.3) is 0 Å². The number of H-pyrrole nitrogens is 2. The molecule has 0 bridgehead atoms. The van der Waals surface area contributed by atoms with Crippen molar-refractivity contribution < 1.29 is 9.53 Å². The van der Waals surface area contributed by atoms with Crippen LogP contribution in [0.2, 0.25) is 0 Å². The molecule has 0 saturated heterocycles. The molecule has 2 heterocycles. The minimum Gasteiger partial charge on any atom is -0.444 e. The van der Waals surface area contributed by atoms with E-state index < -0.39 is 0 Å². The number of allylic oxidation sites excluding steroid dienone is 2. The van der Waals surface area contributed by atoms with Gasteiger partial charge in [-0.05, 0) is 24.2 Å². The minimum atomic E-state index is -0.210. The highest BCUT2D eigenvalue weighted by atomic mass is 32.1. The summed E-state index contributed by atoms with van der Waals surface area (Å²) in [6.45, 7) is 0. The van der Waals surface area contributed by atoms with Gasteiger partial charge in [0.15, 0.2) is 10.6 Å². The molecule has 1 aliphatic carbocycles. The van der Waals surface area contributed by atoms with Gasteiger partial charge in [0.2, 0.25) is 5.88 Å². The van der Waals surface area contributed by atoms with Crippen LogP contribution < -0.4 is 4.74 Å². The van der Waals surface area contributed by atoms with E-state index in [4.69, 9.17) is 29.2 Å². The summed E-state index contributed by atoms with van der Waals surface area (Å²) < 4.78 is 6.91. The lowest BCUT2D eigenvalue weighted by Gasteiger charge is -2.32. The van der Waals surface area contributed by atoms with Crippen molar-refractivity contribution in [2.45, 2.75) is 25.2 Å². The first-order valence-corrected chi connectivity index (χ1v) is 8.32. The molecule has 0 fully saturated rings. The second-order valence-electron chi connectivity index (χ2n) is 5.71. The van der Waals surface area contributed by atoms with Crippen molar-refractivity contribution >= 4 is 30.2 Å². The summed E-state index contributed by atoms with van der Waals surface area (Å²) in [6.07, 6.45) is 2.13. The monoisotopic (exact) mass is 342 g/mol. The lowest BCUT2D eigenvalue weighted by atomic mass is 9.78. The smallest absolute Gasteiger partial charge is 0.206 e. The van der Waals surface area contributed by atoms with E-state index >= 15 is 0 Å². The largest absolute Gasteiger partial charge is 0.444 e. The number of nitrogens with one attached hydrogen (secondary N) is 2. The fraction of sp³-hybridized carbons (Fsp3) is 0.235. The number of aromatic amines is 2. The van der Waals surface area contributed by atoms with Crippen LogP contribution in [0.15, 0.2) is 41.7 Å². The molecule has 2 aliphatic rings. The standard InChI is InChI=1S/C17H14N2O2S2/c20-10-7-4-8-11-13(10)12(9-5-2-1-3-6-9)14-15(21-11)18-17(23)19-16(14)22/h1-3,5-6,12H,4,7-8H2,(H2,18,19,22,23). The zero-order valence-electron chi connectivity index (χ0n) is 12.2. The molecule has 116 valence electrons. The number of hydrogen-bond acceptors (Lipinski definition) is 4. The Hall–Kier alpha value is -2.05. The number of fused-ring (bicyclic) bond motifs is 1. The van der Waals surface area contributed by atoms with Crippen LogP contribution in [0.5, 0.6) is 5.88 Å². The van der Waals surface area contributed by atoms with E-state index in [0.717, 1.165) is 35.3 Å². The molecule has 1 atom stereocenters. The first kappa shape index (κ1) is 14.5. The van der Waals surface area contributed by atoms with E-state index in [0.29, 0.717) is 21.7 Å². The SMILES string of the molecule is O=C1CCCC2=C1C(c1ccccc1)c1c([nH]c(=S)[nH]c1=S)O2. The van der Waals surface area contributed by atoms with Gasteiger partial charge in [0.1, 0.15) is 10.4 Å². The number of rotatable bonds is 1. The summed E-state index contributed by atoms with van der Waals surface area (Å²) in [5.41, 5.74) is 2.55. The maximum absolute atomic E-state index is 12.6. The Labute approximate surface area is 143 Å². The Morgan fingerprint density at radius 2 is 1.87 bits per heavy atom. The number of carbonyl (C=O) groups excluding carboxylic acids is 1. The summed E-state index contributed by atoms with van der Waals surface area (Å²) in [5.74, 6) is 1.23. The van der Waals surface area contributed by atoms with E-state index in [1.165, 1.54) is 0 Å². The van der Waals surface area contributed by atoms with Crippen molar-refractivity contribution in [2.75, 3.05) is 0 Å². The number of hydrogen-bond donors (Lipinski definition) is 2. The number of Topliss-reactive ketones (excluding diaryl/α,β-unsaturated/α-hetero) is 1. The fourth-order valence-corrected chi connectivity index (χ4v) is 3.90. The van der Waals surface area contributed by atoms with Crippen molar-refractivity contribution in [1.82, 2.24) is 9.97 Å². The van der Waals surface area contributed by atoms with Crippen molar-refractivity contribution in [2.24, 2.45) is 0 Å². The van der Waals surface area contributed by atoms with Crippen LogP contribution in [0.4, 0.5) is 0 Å². The lowest BCUT2D eigenvalue weighted by Crippen LogP contribution is -2.26. The molecule has 1 unspecified atom stereocenters. The molecule has 0 spiro atoms. The molecule has 4 nitrogen and oxygen atoms in total. The Bertz CT molecular complexity index is 941. The number of ketones is 1. The number of benzene rings is 1. The van der Waals surface area contributed by atoms with Gasteiger partial charge in [-0.1, -0.05) is 42.5 Å². The molecule has 1 aromatic carbocycles. The Morgan fingerprint density at radius 3 is 2.65 bits per heavy atom. The average molecular weight is 342 g/mol. The lowest BCUT2D eigenvalue weighted by molar-refractivity contribution is -0.116. The minimum absolute atomic E-state index is 0.141. The van der Waals surface area contributed by atoms with Gasteiger partial charge in [-0.15, -0.1) is 0 Å². The molecule has 0 amide bonds. The Kier molecular flexibility index (Phi) is 3.50. The molecule has 4 rings (SSSR count). The Balaban J connectivity index is 2.03. The average Bonchev–Trinajstić information content (AvgIpc) is 2.54. The van der Waals surface area contributed by atoms with Crippen LogP contribution in [0.25, 0.3) is 0 Å². The number of ether oxygens (including phenoxy) is 1. The van der Waals surface area contributed by atoms with E-state index in [9.17, 15) is 4.79 Å². The van der Waals surface area contributed by atoms with Crippen LogP contribution in [0, 0.1) is 9.41 Å². The van der Waals surface area contributed by atoms with Crippen LogP contribution in [-0.4, -0.2) is 15.8 Å². The molecule has 6 heteroatoms. The van der Waals surface area contributed by atoms with E-state index in [-0.39, 0.29) is 11.7 Å². The normalized spacial score (nSPS) is 19.8. The summed E-state index contributed by atoms with van der Waals surface area (Å²) >= 11 is 10.6.